The molecule has 5 heteroatoms. The van der Waals surface area contributed by atoms with E-state index in [0.717, 1.165) is 49.7 Å². The van der Waals surface area contributed by atoms with Crippen LogP contribution in [0.4, 0.5) is 0 Å². The van der Waals surface area contributed by atoms with Gasteiger partial charge < -0.3 is 4.42 Å². The van der Waals surface area contributed by atoms with Crippen LogP contribution in [-0.4, -0.2) is 15.0 Å². The second-order valence-electron chi connectivity index (χ2n) is 10.6. The van der Waals surface area contributed by atoms with Gasteiger partial charge in [0.15, 0.2) is 23.1 Å². The largest absolute Gasteiger partial charge is 0.454 e. The average molecular weight is 586 g/mol. The summed E-state index contributed by atoms with van der Waals surface area (Å²) < 4.78 is 6.34. The van der Waals surface area contributed by atoms with Gasteiger partial charge in [-0.1, -0.05) is 139 Å². The molecule has 0 saturated carbocycles. The third kappa shape index (κ3) is 4.72. The lowest BCUT2D eigenvalue weighted by Gasteiger charge is -2.09. The molecule has 8 rings (SSSR count). The Bertz CT molecular complexity index is 2210. The van der Waals surface area contributed by atoms with Gasteiger partial charge >= 0.3 is 0 Å². The zero-order chi connectivity index (χ0) is 29.5. The van der Waals surface area contributed by atoms with Crippen LogP contribution in [-0.2, 0) is 0 Å². The van der Waals surface area contributed by atoms with E-state index in [-0.39, 0.29) is 0 Å². The molecule has 0 saturated heterocycles. The SMILES string of the molecule is Clc1cc(-c2ccc(-c3ccccc3)cc2)cc2c1oc1cccc(-c3nc(-c4ccccc4)nc(-c4ccccc4)n3)c12. The van der Waals surface area contributed by atoms with Gasteiger partial charge in [-0.3, -0.25) is 0 Å². The van der Waals surface area contributed by atoms with Crippen LogP contribution in [0.2, 0.25) is 5.02 Å². The third-order valence-corrected chi connectivity index (χ3v) is 8.10. The molecule has 0 spiro atoms. The van der Waals surface area contributed by atoms with Gasteiger partial charge in [-0.15, -0.1) is 0 Å². The number of halogens is 1. The van der Waals surface area contributed by atoms with E-state index >= 15 is 0 Å². The van der Waals surface area contributed by atoms with Crippen molar-refractivity contribution in [2.45, 2.75) is 0 Å². The van der Waals surface area contributed by atoms with E-state index in [1.165, 1.54) is 5.56 Å². The van der Waals surface area contributed by atoms with Crippen molar-refractivity contribution in [1.82, 2.24) is 15.0 Å². The fourth-order valence-electron chi connectivity index (χ4n) is 5.65. The zero-order valence-electron chi connectivity index (χ0n) is 23.5. The molecule has 4 nitrogen and oxygen atoms in total. The van der Waals surface area contributed by atoms with Crippen LogP contribution in [0.1, 0.15) is 0 Å². The molecule has 0 aliphatic rings. The molecule has 0 fully saturated rings. The molecule has 0 N–H and O–H groups in total. The molecular formula is C39H24ClN3O. The first-order valence-electron chi connectivity index (χ1n) is 14.4. The molecule has 6 aromatic carbocycles. The highest BCUT2D eigenvalue weighted by molar-refractivity contribution is 6.36. The molecule has 0 aliphatic heterocycles. The monoisotopic (exact) mass is 585 g/mol. The topological polar surface area (TPSA) is 51.8 Å². The third-order valence-electron chi connectivity index (χ3n) is 7.82. The molecule has 0 amide bonds. The summed E-state index contributed by atoms with van der Waals surface area (Å²) in [5.41, 5.74) is 8.46. The number of benzene rings is 6. The Morgan fingerprint density at radius 3 is 1.52 bits per heavy atom. The van der Waals surface area contributed by atoms with E-state index < -0.39 is 0 Å². The van der Waals surface area contributed by atoms with Crippen LogP contribution in [0.3, 0.4) is 0 Å². The molecule has 0 bridgehead atoms. The predicted molar refractivity (Wildman–Crippen MR) is 179 cm³/mol. The van der Waals surface area contributed by atoms with Crippen molar-refractivity contribution in [3.63, 3.8) is 0 Å². The van der Waals surface area contributed by atoms with Gasteiger partial charge in [0.25, 0.3) is 0 Å². The number of nitrogens with zero attached hydrogens (tertiary/aromatic N) is 3. The molecule has 44 heavy (non-hydrogen) atoms. The quantitative estimate of drug-likeness (QED) is 0.201. The van der Waals surface area contributed by atoms with E-state index in [1.807, 2.05) is 91.0 Å². The smallest absolute Gasteiger partial charge is 0.164 e. The van der Waals surface area contributed by atoms with Gasteiger partial charge in [0.1, 0.15) is 5.58 Å². The Labute approximate surface area is 259 Å². The van der Waals surface area contributed by atoms with E-state index in [1.54, 1.807) is 0 Å². The summed E-state index contributed by atoms with van der Waals surface area (Å²) >= 11 is 6.88. The van der Waals surface area contributed by atoms with Crippen molar-refractivity contribution < 1.29 is 4.42 Å². The molecule has 2 heterocycles. The lowest BCUT2D eigenvalue weighted by Crippen LogP contribution is -2.00. The van der Waals surface area contributed by atoms with Crippen LogP contribution in [0, 0.1) is 0 Å². The van der Waals surface area contributed by atoms with Crippen molar-refractivity contribution in [2.75, 3.05) is 0 Å². The van der Waals surface area contributed by atoms with Crippen LogP contribution < -0.4 is 0 Å². The fraction of sp³-hybridized carbons (Fsp3) is 0. The summed E-state index contributed by atoms with van der Waals surface area (Å²) in [6.45, 7) is 0. The first kappa shape index (κ1) is 26.1. The Morgan fingerprint density at radius 2 is 0.932 bits per heavy atom. The Balaban J connectivity index is 1.31. The van der Waals surface area contributed by atoms with Crippen molar-refractivity contribution in [2.24, 2.45) is 0 Å². The Kier molecular flexibility index (Phi) is 6.47. The molecule has 0 radical (unpaired) electrons. The normalized spacial score (nSPS) is 11.3. The molecule has 8 aromatic rings. The van der Waals surface area contributed by atoms with Gasteiger partial charge in [-0.2, -0.15) is 0 Å². The predicted octanol–water partition coefficient (Wildman–Crippen LogP) is 10.8. The van der Waals surface area contributed by atoms with E-state index in [0.29, 0.717) is 28.1 Å². The number of hydrogen-bond acceptors (Lipinski definition) is 4. The number of aromatic nitrogens is 3. The molecule has 0 aliphatic carbocycles. The van der Waals surface area contributed by atoms with Gasteiger partial charge in [0.2, 0.25) is 0 Å². The van der Waals surface area contributed by atoms with Crippen molar-refractivity contribution >= 4 is 33.5 Å². The summed E-state index contributed by atoms with van der Waals surface area (Å²) in [5, 5.41) is 2.38. The first-order valence-corrected chi connectivity index (χ1v) is 14.8. The van der Waals surface area contributed by atoms with Gasteiger partial charge in [-0.25, -0.2) is 15.0 Å². The number of furan rings is 1. The summed E-state index contributed by atoms with van der Waals surface area (Å²) in [5.74, 6) is 1.78. The molecule has 2 aromatic heterocycles. The summed E-state index contributed by atoms with van der Waals surface area (Å²) in [6, 6.07) is 48.9. The minimum Gasteiger partial charge on any atom is -0.454 e. The zero-order valence-corrected chi connectivity index (χ0v) is 24.2. The van der Waals surface area contributed by atoms with E-state index in [9.17, 15) is 0 Å². The van der Waals surface area contributed by atoms with Crippen LogP contribution in [0.5, 0.6) is 0 Å². The average Bonchev–Trinajstić information content (AvgIpc) is 3.49. The number of fused-ring (bicyclic) bond motifs is 3. The van der Waals surface area contributed by atoms with E-state index in [4.69, 9.17) is 31.0 Å². The number of hydrogen-bond donors (Lipinski definition) is 0. The molecule has 0 atom stereocenters. The molecular weight excluding hydrogens is 562 g/mol. The van der Waals surface area contributed by atoms with E-state index in [2.05, 4.69) is 54.6 Å². The standard InChI is InChI=1S/C39H24ClN3O/c40-33-24-30(27-21-19-26(20-22-27)25-11-4-1-5-12-25)23-32-35-31(17-10-18-34(35)44-36(32)33)39-42-37(28-13-6-2-7-14-28)41-38(43-39)29-15-8-3-9-16-29/h1-24H. The summed E-state index contributed by atoms with van der Waals surface area (Å²) in [4.78, 5) is 14.8. The lowest BCUT2D eigenvalue weighted by molar-refractivity contribution is 0.669. The Morgan fingerprint density at radius 1 is 0.432 bits per heavy atom. The maximum atomic E-state index is 6.88. The minimum atomic E-state index is 0.553. The fourth-order valence-corrected chi connectivity index (χ4v) is 5.91. The van der Waals surface area contributed by atoms with Crippen LogP contribution in [0.25, 0.3) is 78.4 Å². The summed E-state index contributed by atoms with van der Waals surface area (Å²) in [7, 11) is 0. The second-order valence-corrected chi connectivity index (χ2v) is 11.0. The highest BCUT2D eigenvalue weighted by Gasteiger charge is 2.19. The lowest BCUT2D eigenvalue weighted by atomic mass is 9.98. The van der Waals surface area contributed by atoms with Crippen molar-refractivity contribution in [3.05, 3.63) is 151 Å². The second kappa shape index (κ2) is 10.9. The molecule has 208 valence electrons. The minimum absolute atomic E-state index is 0.553. The van der Waals surface area contributed by atoms with Crippen LogP contribution >= 0.6 is 11.6 Å². The van der Waals surface area contributed by atoms with Gasteiger partial charge in [0, 0.05) is 27.5 Å². The maximum Gasteiger partial charge on any atom is 0.164 e. The molecule has 0 unspecified atom stereocenters. The van der Waals surface area contributed by atoms with Crippen LogP contribution in [0.15, 0.2) is 150 Å². The number of rotatable bonds is 5. The first-order chi connectivity index (χ1) is 21.7. The highest BCUT2D eigenvalue weighted by atomic mass is 35.5. The maximum absolute atomic E-state index is 6.88. The van der Waals surface area contributed by atoms with Crippen molar-refractivity contribution in [3.8, 4) is 56.4 Å². The van der Waals surface area contributed by atoms with Crippen molar-refractivity contribution in [1.29, 1.82) is 0 Å². The van der Waals surface area contributed by atoms with Gasteiger partial charge in [0.05, 0.1) is 5.02 Å². The Hall–Kier alpha value is -5.58. The summed E-state index contributed by atoms with van der Waals surface area (Å²) in [6.07, 6.45) is 0. The highest BCUT2D eigenvalue weighted by Crippen LogP contribution is 2.41. The van der Waals surface area contributed by atoms with Gasteiger partial charge in [-0.05, 0) is 40.5 Å².